The van der Waals surface area contributed by atoms with Gasteiger partial charge < -0.3 is 9.64 Å². The molecule has 2 fully saturated rings. The van der Waals surface area contributed by atoms with Crippen molar-refractivity contribution in [2.75, 3.05) is 24.6 Å². The van der Waals surface area contributed by atoms with Crippen LogP contribution in [0.25, 0.3) is 5.69 Å². The molecule has 1 saturated heterocycles. The van der Waals surface area contributed by atoms with Crippen molar-refractivity contribution in [2.45, 2.75) is 25.7 Å². The molecule has 0 bridgehead atoms. The Morgan fingerprint density at radius 2 is 1.90 bits per heavy atom. The number of hydrogen-bond donors (Lipinski definition) is 0. The number of hydrogen-bond acceptors (Lipinski definition) is 7. The van der Waals surface area contributed by atoms with E-state index in [1.165, 1.54) is 19.3 Å². The Morgan fingerprint density at radius 1 is 1.03 bits per heavy atom. The average molecular weight is 391 g/mol. The molecule has 0 unspecified atom stereocenters. The third kappa shape index (κ3) is 4.21. The fraction of sp³-hybridized carbons (Fsp3) is 0.476. The number of rotatable bonds is 7. The summed E-state index contributed by atoms with van der Waals surface area (Å²) in [5, 5.41) is 7.77. The number of aromatic nitrogens is 6. The van der Waals surface area contributed by atoms with Crippen molar-refractivity contribution in [2.24, 2.45) is 17.8 Å². The van der Waals surface area contributed by atoms with Crippen molar-refractivity contribution in [3.63, 3.8) is 0 Å². The lowest BCUT2D eigenvalue weighted by atomic mass is 9.90. The Kier molecular flexibility index (Phi) is 5.06. The van der Waals surface area contributed by atoms with Crippen molar-refractivity contribution < 1.29 is 4.74 Å². The Morgan fingerprint density at radius 3 is 2.62 bits per heavy atom. The van der Waals surface area contributed by atoms with Gasteiger partial charge in [-0.25, -0.2) is 19.6 Å². The molecule has 0 radical (unpaired) electrons. The molecule has 1 saturated carbocycles. The predicted octanol–water partition coefficient (Wildman–Crippen LogP) is 2.77. The Hall–Kier alpha value is -3.03. The van der Waals surface area contributed by atoms with Crippen LogP contribution in [0.4, 0.5) is 5.95 Å². The molecule has 1 aliphatic carbocycles. The number of ether oxygens (including phenoxy) is 1. The van der Waals surface area contributed by atoms with Crippen molar-refractivity contribution in [1.82, 2.24) is 29.9 Å². The molecular weight excluding hydrogens is 366 g/mol. The van der Waals surface area contributed by atoms with Gasteiger partial charge in [-0.15, -0.1) is 5.10 Å². The van der Waals surface area contributed by atoms with Crippen molar-refractivity contribution in [1.29, 1.82) is 0 Å². The largest absolute Gasteiger partial charge is 0.478 e. The van der Waals surface area contributed by atoms with Gasteiger partial charge in [0.15, 0.2) is 0 Å². The highest BCUT2D eigenvalue weighted by molar-refractivity contribution is 5.30. The first-order valence-electron chi connectivity index (χ1n) is 10.3. The van der Waals surface area contributed by atoms with E-state index in [0.29, 0.717) is 5.88 Å². The molecule has 4 heterocycles. The number of piperidine rings is 1. The minimum absolute atomic E-state index is 0.669. The Balaban J connectivity index is 1.04. The highest BCUT2D eigenvalue weighted by Gasteiger charge is 2.43. The molecule has 0 spiro atoms. The van der Waals surface area contributed by atoms with Crippen LogP contribution < -0.4 is 9.64 Å². The SMILES string of the molecule is c1cnc(N2CCC([C@H]3C[C@H]3CCOc3ccc(-n4ccnn4)cn3)CC2)nc1. The molecule has 5 rings (SSSR count). The topological polar surface area (TPSA) is 81.9 Å². The maximum atomic E-state index is 5.86. The summed E-state index contributed by atoms with van der Waals surface area (Å²) in [7, 11) is 0. The fourth-order valence-electron chi connectivity index (χ4n) is 4.42. The molecule has 0 aromatic carbocycles. The van der Waals surface area contributed by atoms with Gasteiger partial charge in [-0.3, -0.25) is 0 Å². The Bertz CT molecular complexity index is 893. The highest BCUT2D eigenvalue weighted by Crippen LogP contribution is 2.49. The predicted molar refractivity (Wildman–Crippen MR) is 108 cm³/mol. The maximum absolute atomic E-state index is 5.86. The summed E-state index contributed by atoms with van der Waals surface area (Å²) in [6.45, 7) is 2.86. The van der Waals surface area contributed by atoms with E-state index >= 15 is 0 Å². The van der Waals surface area contributed by atoms with E-state index in [2.05, 4.69) is 30.2 Å². The number of anilines is 1. The highest BCUT2D eigenvalue weighted by atomic mass is 16.5. The number of pyridine rings is 1. The van der Waals surface area contributed by atoms with E-state index in [0.717, 1.165) is 55.5 Å². The van der Waals surface area contributed by atoms with E-state index in [9.17, 15) is 0 Å². The molecule has 3 aromatic rings. The van der Waals surface area contributed by atoms with Crippen LogP contribution in [0.1, 0.15) is 25.7 Å². The first-order valence-corrected chi connectivity index (χ1v) is 10.3. The summed E-state index contributed by atoms with van der Waals surface area (Å²) < 4.78 is 7.54. The third-order valence-corrected chi connectivity index (χ3v) is 6.10. The van der Waals surface area contributed by atoms with Crippen LogP contribution in [-0.2, 0) is 0 Å². The molecular formula is C21H25N7O. The summed E-state index contributed by atoms with van der Waals surface area (Å²) in [6.07, 6.45) is 13.8. The normalized spacial score (nSPS) is 21.9. The van der Waals surface area contributed by atoms with Gasteiger partial charge in [0.2, 0.25) is 11.8 Å². The second-order valence-corrected chi connectivity index (χ2v) is 7.87. The van der Waals surface area contributed by atoms with Crippen LogP contribution in [0.5, 0.6) is 5.88 Å². The summed E-state index contributed by atoms with van der Waals surface area (Å²) in [6, 6.07) is 5.71. The van der Waals surface area contributed by atoms with E-state index in [1.54, 1.807) is 23.3 Å². The number of nitrogens with zero attached hydrogens (tertiary/aromatic N) is 7. The van der Waals surface area contributed by atoms with E-state index in [1.807, 2.05) is 30.6 Å². The first kappa shape index (κ1) is 18.0. The molecule has 0 amide bonds. The minimum atomic E-state index is 0.669. The van der Waals surface area contributed by atoms with Gasteiger partial charge in [0.1, 0.15) is 0 Å². The lowest BCUT2D eigenvalue weighted by Gasteiger charge is -2.32. The van der Waals surface area contributed by atoms with Gasteiger partial charge in [0.05, 0.1) is 30.9 Å². The zero-order valence-electron chi connectivity index (χ0n) is 16.3. The quantitative estimate of drug-likeness (QED) is 0.612. The monoisotopic (exact) mass is 391 g/mol. The van der Waals surface area contributed by atoms with Gasteiger partial charge in [-0.2, -0.15) is 0 Å². The van der Waals surface area contributed by atoms with Crippen LogP contribution in [0, 0.1) is 17.8 Å². The van der Waals surface area contributed by atoms with Crippen LogP contribution in [0.2, 0.25) is 0 Å². The van der Waals surface area contributed by atoms with Crippen molar-refractivity contribution in [3.8, 4) is 11.6 Å². The van der Waals surface area contributed by atoms with Crippen LogP contribution in [0.15, 0.2) is 49.2 Å². The molecule has 8 nitrogen and oxygen atoms in total. The summed E-state index contributed by atoms with van der Waals surface area (Å²) >= 11 is 0. The lowest BCUT2D eigenvalue weighted by molar-refractivity contribution is 0.276. The van der Waals surface area contributed by atoms with Crippen LogP contribution in [0.3, 0.4) is 0 Å². The van der Waals surface area contributed by atoms with E-state index in [4.69, 9.17) is 4.74 Å². The minimum Gasteiger partial charge on any atom is -0.478 e. The maximum Gasteiger partial charge on any atom is 0.225 e. The van der Waals surface area contributed by atoms with Gasteiger partial charge in [-0.1, -0.05) is 5.21 Å². The smallest absolute Gasteiger partial charge is 0.225 e. The molecule has 3 aromatic heterocycles. The summed E-state index contributed by atoms with van der Waals surface area (Å²) in [5.74, 6) is 4.03. The summed E-state index contributed by atoms with van der Waals surface area (Å²) in [5.41, 5.74) is 0.879. The van der Waals surface area contributed by atoms with Crippen LogP contribution >= 0.6 is 0 Å². The Labute approximate surface area is 170 Å². The second-order valence-electron chi connectivity index (χ2n) is 7.87. The van der Waals surface area contributed by atoms with Gasteiger partial charge in [0.25, 0.3) is 0 Å². The van der Waals surface area contributed by atoms with E-state index in [-0.39, 0.29) is 0 Å². The fourth-order valence-corrected chi connectivity index (χ4v) is 4.42. The van der Waals surface area contributed by atoms with Crippen molar-refractivity contribution in [3.05, 3.63) is 49.2 Å². The van der Waals surface area contributed by atoms with Gasteiger partial charge in [0, 0.05) is 31.5 Å². The second kappa shape index (κ2) is 8.14. The molecule has 2 atom stereocenters. The molecule has 150 valence electrons. The van der Waals surface area contributed by atoms with Gasteiger partial charge >= 0.3 is 0 Å². The first-order chi connectivity index (χ1) is 14.4. The molecule has 1 aliphatic heterocycles. The summed E-state index contributed by atoms with van der Waals surface area (Å²) in [4.78, 5) is 15.4. The third-order valence-electron chi connectivity index (χ3n) is 6.10. The zero-order valence-corrected chi connectivity index (χ0v) is 16.3. The molecule has 8 heteroatoms. The molecule has 29 heavy (non-hydrogen) atoms. The standard InChI is InChI=1S/C21H25N7O/c1-7-22-21(23-8-1)27-10-4-16(5-11-27)19-14-17(19)6-13-29-20-3-2-18(15-24-20)28-12-9-25-26-28/h1-3,7-9,12,15-17,19H,4-6,10-11,13-14H2/t17-,19-/m1/s1. The van der Waals surface area contributed by atoms with Crippen LogP contribution in [-0.4, -0.2) is 49.6 Å². The average Bonchev–Trinajstić information content (AvgIpc) is 3.34. The van der Waals surface area contributed by atoms with Crippen molar-refractivity contribution >= 4 is 5.95 Å². The van der Waals surface area contributed by atoms with E-state index < -0.39 is 0 Å². The lowest BCUT2D eigenvalue weighted by Crippen LogP contribution is -2.35. The van der Waals surface area contributed by atoms with Gasteiger partial charge in [-0.05, 0) is 55.6 Å². The molecule has 2 aliphatic rings. The molecule has 0 N–H and O–H groups in total. The zero-order chi connectivity index (χ0) is 19.5.